The Hall–Kier alpha value is -2.27. The van der Waals surface area contributed by atoms with Crippen LogP contribution in [0.3, 0.4) is 0 Å². The average Bonchev–Trinajstić information content (AvgIpc) is 3.26. The van der Waals surface area contributed by atoms with Crippen LogP contribution in [0.2, 0.25) is 0 Å². The van der Waals surface area contributed by atoms with Crippen LogP contribution < -0.4 is 5.73 Å². The fourth-order valence-corrected chi connectivity index (χ4v) is 2.90. The average molecular weight is 429 g/mol. The van der Waals surface area contributed by atoms with Crippen molar-refractivity contribution in [1.29, 1.82) is 0 Å². The molecular weight excluding hydrogens is 405 g/mol. The van der Waals surface area contributed by atoms with Crippen LogP contribution in [0, 0.1) is 0 Å². The molecule has 1 unspecified atom stereocenters. The summed E-state index contributed by atoms with van der Waals surface area (Å²) < 4.78 is 33.8. The quantitative estimate of drug-likeness (QED) is 0.217. The highest BCUT2D eigenvalue weighted by atomic mass is 31.2. The van der Waals surface area contributed by atoms with Crippen LogP contribution in [0.5, 0.6) is 0 Å². The number of carbonyl (C=O) groups excluding carboxylic acids is 1. The number of ether oxygens (including phenoxy) is 2. The first-order chi connectivity index (χ1) is 13.5. The van der Waals surface area contributed by atoms with Gasteiger partial charge < -0.3 is 19.8 Å². The summed E-state index contributed by atoms with van der Waals surface area (Å²) in [6.07, 6.45) is 3.55. The topological polar surface area (TPSA) is 150 Å². The number of anilines is 1. The van der Waals surface area contributed by atoms with Gasteiger partial charge in [0.1, 0.15) is 16.7 Å². The summed E-state index contributed by atoms with van der Waals surface area (Å²) in [4.78, 5) is 29.2. The molecule has 1 atom stereocenters. The lowest BCUT2D eigenvalue weighted by Gasteiger charge is -2.20. The molecule has 0 aromatic carbocycles. The van der Waals surface area contributed by atoms with Gasteiger partial charge in [0, 0.05) is 6.66 Å². The number of nitrogens with two attached hydrogens (primary N) is 1. The molecule has 3 rings (SSSR count). The molecule has 2 aromatic rings. The van der Waals surface area contributed by atoms with E-state index in [1.807, 2.05) is 0 Å². The van der Waals surface area contributed by atoms with Crippen LogP contribution in [0.4, 0.5) is 10.7 Å². The maximum absolute atomic E-state index is 12.4. The molecule has 0 amide bonds. The van der Waals surface area contributed by atoms with Crippen molar-refractivity contribution in [2.75, 3.05) is 19.2 Å². The summed E-state index contributed by atoms with van der Waals surface area (Å²) in [5.41, 5.74) is 5.40. The van der Waals surface area contributed by atoms with Crippen LogP contribution in [0.15, 0.2) is 12.5 Å². The molecule has 0 bridgehead atoms. The lowest BCUT2D eigenvalue weighted by atomic mass is 10.2. The molecule has 1 aliphatic carbocycles. The van der Waals surface area contributed by atoms with E-state index in [0.717, 1.165) is 0 Å². The zero-order valence-electron chi connectivity index (χ0n) is 16.7. The third kappa shape index (κ3) is 6.10. The smallest absolute Gasteiger partial charge is 0.429 e. The molecule has 160 valence electrons. The lowest BCUT2D eigenvalue weighted by Crippen LogP contribution is -2.25. The summed E-state index contributed by atoms with van der Waals surface area (Å²) in [6.45, 7) is 6.05. The molecule has 0 saturated heterocycles. The molecular formula is C16H24N5O7P. The molecule has 29 heavy (non-hydrogen) atoms. The number of rotatable bonds is 8. The maximum Gasteiger partial charge on any atom is 0.510 e. The standard InChI is InChI=1S/C16H24N5O7P/c1-15(2,3)26-14(22)24-10-25-29(4,23)28-27-16(5-6-16)8-21-9-19-11-7-18-13(17)20-12(11)21/h7,9H,5-6,8,10H2,1-4H3,(H2,17,18,20). The van der Waals surface area contributed by atoms with Gasteiger partial charge in [0.05, 0.1) is 19.1 Å². The Kier molecular flexibility index (Phi) is 5.81. The van der Waals surface area contributed by atoms with Crippen LogP contribution in [0.25, 0.3) is 11.2 Å². The second-order valence-corrected chi connectivity index (χ2v) is 9.73. The molecule has 2 heterocycles. The van der Waals surface area contributed by atoms with E-state index in [2.05, 4.69) is 15.0 Å². The number of hydrogen-bond acceptors (Lipinski definition) is 11. The predicted molar refractivity (Wildman–Crippen MR) is 101 cm³/mol. The van der Waals surface area contributed by atoms with Gasteiger partial charge in [-0.3, -0.25) is 9.09 Å². The Morgan fingerprint density at radius 3 is 2.72 bits per heavy atom. The first-order valence-corrected chi connectivity index (χ1v) is 10.8. The summed E-state index contributed by atoms with van der Waals surface area (Å²) in [6, 6.07) is 0. The molecule has 13 heteroatoms. The molecule has 1 saturated carbocycles. The van der Waals surface area contributed by atoms with Crippen molar-refractivity contribution < 1.29 is 32.9 Å². The summed E-state index contributed by atoms with van der Waals surface area (Å²) in [5, 5.41) is 0. The summed E-state index contributed by atoms with van der Waals surface area (Å²) in [7, 11) is -3.63. The van der Waals surface area contributed by atoms with E-state index in [0.29, 0.717) is 30.6 Å². The fraction of sp³-hybridized carbons (Fsp3) is 0.625. The molecule has 1 fully saturated rings. The lowest BCUT2D eigenvalue weighted by molar-refractivity contribution is -0.268. The van der Waals surface area contributed by atoms with E-state index >= 15 is 0 Å². The highest BCUT2D eigenvalue weighted by Gasteiger charge is 2.48. The highest BCUT2D eigenvalue weighted by molar-refractivity contribution is 7.52. The molecule has 0 aliphatic heterocycles. The van der Waals surface area contributed by atoms with Gasteiger partial charge in [-0.25, -0.2) is 19.7 Å². The van der Waals surface area contributed by atoms with Gasteiger partial charge in [-0.1, -0.05) is 0 Å². The number of nitrogen functional groups attached to an aromatic ring is 1. The van der Waals surface area contributed by atoms with Gasteiger partial charge in [0.15, 0.2) is 5.65 Å². The number of hydrogen-bond donors (Lipinski definition) is 1. The van der Waals surface area contributed by atoms with Crippen LogP contribution in [-0.2, 0) is 34.7 Å². The Balaban J connectivity index is 1.50. The minimum Gasteiger partial charge on any atom is -0.429 e. The molecule has 2 N–H and O–H groups in total. The van der Waals surface area contributed by atoms with E-state index in [9.17, 15) is 9.36 Å². The molecule has 2 aromatic heterocycles. The molecule has 0 spiro atoms. The molecule has 12 nitrogen and oxygen atoms in total. The van der Waals surface area contributed by atoms with Crippen molar-refractivity contribution in [1.82, 2.24) is 19.5 Å². The van der Waals surface area contributed by atoms with Crippen LogP contribution in [-0.4, -0.2) is 50.3 Å². The largest absolute Gasteiger partial charge is 0.510 e. The van der Waals surface area contributed by atoms with Crippen molar-refractivity contribution in [3.63, 3.8) is 0 Å². The Labute approximate surface area is 167 Å². The third-order valence-electron chi connectivity index (χ3n) is 3.85. The van der Waals surface area contributed by atoms with Gasteiger partial charge in [-0.05, 0) is 33.6 Å². The number of nitrogens with zero attached hydrogens (tertiary/aromatic N) is 4. The first kappa shape index (κ1) is 21.4. The summed E-state index contributed by atoms with van der Waals surface area (Å²) in [5.74, 6) is 0.137. The number of carbonyl (C=O) groups is 1. The second-order valence-electron chi connectivity index (χ2n) is 7.78. The predicted octanol–water partition coefficient (Wildman–Crippen LogP) is 2.64. The summed E-state index contributed by atoms with van der Waals surface area (Å²) >= 11 is 0. The van der Waals surface area contributed by atoms with E-state index < -0.39 is 31.7 Å². The first-order valence-electron chi connectivity index (χ1n) is 8.86. The zero-order valence-corrected chi connectivity index (χ0v) is 17.5. The fourth-order valence-electron chi connectivity index (χ4n) is 2.32. The number of fused-ring (bicyclic) bond motifs is 1. The SMILES string of the molecule is CC(C)(C)OC(=O)OCOP(C)(=O)OOC1(Cn2cnc3cnc(N)nc32)CC1. The van der Waals surface area contributed by atoms with Gasteiger partial charge in [-0.2, -0.15) is 4.98 Å². The Morgan fingerprint density at radius 1 is 1.34 bits per heavy atom. The van der Waals surface area contributed by atoms with Gasteiger partial charge in [0.2, 0.25) is 12.7 Å². The van der Waals surface area contributed by atoms with Gasteiger partial charge in [-0.15, -0.1) is 4.67 Å². The highest BCUT2D eigenvalue weighted by Crippen LogP contribution is 2.50. The molecule has 0 radical (unpaired) electrons. The van der Waals surface area contributed by atoms with E-state index in [1.165, 1.54) is 12.9 Å². The normalized spacial score (nSPS) is 17.7. The Morgan fingerprint density at radius 2 is 2.07 bits per heavy atom. The molecule has 1 aliphatic rings. The number of imidazole rings is 1. The van der Waals surface area contributed by atoms with Gasteiger partial charge >= 0.3 is 13.8 Å². The van der Waals surface area contributed by atoms with Crippen LogP contribution >= 0.6 is 7.60 Å². The van der Waals surface area contributed by atoms with Crippen molar-refractivity contribution in [2.24, 2.45) is 0 Å². The minimum atomic E-state index is -3.63. The van der Waals surface area contributed by atoms with Crippen molar-refractivity contribution in [2.45, 2.75) is 51.4 Å². The zero-order chi connectivity index (χ0) is 21.3. The van der Waals surface area contributed by atoms with Crippen molar-refractivity contribution >= 4 is 30.9 Å². The minimum absolute atomic E-state index is 0.137. The van der Waals surface area contributed by atoms with Crippen molar-refractivity contribution in [3.8, 4) is 0 Å². The number of aromatic nitrogens is 4. The monoisotopic (exact) mass is 429 g/mol. The third-order valence-corrected chi connectivity index (χ3v) is 4.77. The second kappa shape index (κ2) is 7.86. The van der Waals surface area contributed by atoms with E-state index in [-0.39, 0.29) is 5.95 Å². The van der Waals surface area contributed by atoms with E-state index in [4.69, 9.17) is 29.3 Å². The van der Waals surface area contributed by atoms with E-state index in [1.54, 1.807) is 31.7 Å². The van der Waals surface area contributed by atoms with Crippen LogP contribution in [0.1, 0.15) is 33.6 Å². The van der Waals surface area contributed by atoms with Gasteiger partial charge in [0.25, 0.3) is 0 Å². The maximum atomic E-state index is 12.4. The van der Waals surface area contributed by atoms with Crippen molar-refractivity contribution in [3.05, 3.63) is 12.5 Å². The Bertz CT molecular complexity index is 937.